The minimum atomic E-state index is 0.254. The van der Waals surface area contributed by atoms with E-state index in [-0.39, 0.29) is 5.15 Å². The number of benzene rings is 1. The molecule has 17 heavy (non-hydrogen) atoms. The standard InChI is InChI=1S/C11H10ClIN4/c1-6-2-3-7(4-8(6)13)17-11-9(14)10(12)15-5-16-11/h2-5H,14H2,1H3,(H,15,16,17). The van der Waals surface area contributed by atoms with Gasteiger partial charge in [0.1, 0.15) is 12.0 Å². The lowest BCUT2D eigenvalue weighted by Gasteiger charge is -2.09. The predicted molar refractivity (Wildman–Crippen MR) is 78.6 cm³/mol. The maximum absolute atomic E-state index is 5.82. The number of nitrogen functional groups attached to an aromatic ring is 1. The highest BCUT2D eigenvalue weighted by Gasteiger charge is 2.06. The van der Waals surface area contributed by atoms with Gasteiger partial charge in [0.05, 0.1) is 0 Å². The number of anilines is 3. The largest absolute Gasteiger partial charge is 0.393 e. The lowest BCUT2D eigenvalue weighted by atomic mass is 10.2. The van der Waals surface area contributed by atoms with E-state index in [4.69, 9.17) is 17.3 Å². The maximum atomic E-state index is 5.82. The maximum Gasteiger partial charge on any atom is 0.158 e. The number of nitrogens with zero attached hydrogens (tertiary/aromatic N) is 2. The summed E-state index contributed by atoms with van der Waals surface area (Å²) < 4.78 is 1.17. The Labute approximate surface area is 118 Å². The molecule has 0 aliphatic carbocycles. The van der Waals surface area contributed by atoms with Crippen molar-refractivity contribution in [2.75, 3.05) is 11.1 Å². The van der Waals surface area contributed by atoms with Gasteiger partial charge in [0.15, 0.2) is 11.0 Å². The fourth-order valence-electron chi connectivity index (χ4n) is 1.28. The Morgan fingerprint density at radius 2 is 2.12 bits per heavy atom. The van der Waals surface area contributed by atoms with E-state index in [9.17, 15) is 0 Å². The van der Waals surface area contributed by atoms with Gasteiger partial charge in [-0.2, -0.15) is 0 Å². The van der Waals surface area contributed by atoms with Crippen molar-refractivity contribution in [3.05, 3.63) is 38.8 Å². The minimum absolute atomic E-state index is 0.254. The second-order valence-electron chi connectivity index (χ2n) is 3.52. The van der Waals surface area contributed by atoms with E-state index in [0.29, 0.717) is 11.5 Å². The first kappa shape index (κ1) is 12.4. The molecule has 0 aliphatic heterocycles. The first-order valence-corrected chi connectivity index (χ1v) is 6.32. The second kappa shape index (κ2) is 5.05. The van der Waals surface area contributed by atoms with Crippen molar-refractivity contribution in [3.63, 3.8) is 0 Å². The molecule has 0 amide bonds. The number of nitrogens with two attached hydrogens (primary N) is 1. The first-order valence-electron chi connectivity index (χ1n) is 4.87. The Morgan fingerprint density at radius 3 is 2.82 bits per heavy atom. The van der Waals surface area contributed by atoms with Gasteiger partial charge in [0.25, 0.3) is 0 Å². The number of hydrogen-bond acceptors (Lipinski definition) is 4. The fourth-order valence-corrected chi connectivity index (χ4v) is 1.93. The summed E-state index contributed by atoms with van der Waals surface area (Å²) in [4.78, 5) is 7.85. The number of hydrogen-bond donors (Lipinski definition) is 2. The van der Waals surface area contributed by atoms with E-state index >= 15 is 0 Å². The van der Waals surface area contributed by atoms with Crippen LogP contribution in [0.5, 0.6) is 0 Å². The molecule has 88 valence electrons. The second-order valence-corrected chi connectivity index (χ2v) is 5.04. The predicted octanol–water partition coefficient (Wildman–Crippen LogP) is 3.37. The van der Waals surface area contributed by atoms with Crippen LogP contribution in [-0.2, 0) is 0 Å². The average Bonchev–Trinajstić information content (AvgIpc) is 2.30. The van der Waals surface area contributed by atoms with Crippen molar-refractivity contribution in [1.29, 1.82) is 0 Å². The van der Waals surface area contributed by atoms with Crippen LogP contribution in [0.25, 0.3) is 0 Å². The third-order valence-electron chi connectivity index (χ3n) is 2.27. The van der Waals surface area contributed by atoms with Gasteiger partial charge < -0.3 is 11.1 Å². The van der Waals surface area contributed by atoms with Gasteiger partial charge in [-0.05, 0) is 47.2 Å². The number of aryl methyl sites for hydroxylation is 1. The van der Waals surface area contributed by atoms with Gasteiger partial charge in [-0.1, -0.05) is 17.7 Å². The first-order chi connectivity index (χ1) is 8.08. The normalized spacial score (nSPS) is 10.3. The van der Waals surface area contributed by atoms with Crippen LogP contribution in [0.15, 0.2) is 24.5 Å². The van der Waals surface area contributed by atoms with Crippen molar-refractivity contribution in [1.82, 2.24) is 9.97 Å². The summed E-state index contributed by atoms with van der Waals surface area (Å²) in [6.07, 6.45) is 1.38. The topological polar surface area (TPSA) is 63.8 Å². The van der Waals surface area contributed by atoms with Crippen molar-refractivity contribution >= 4 is 51.4 Å². The Bertz CT molecular complexity index is 559. The summed E-state index contributed by atoms with van der Waals surface area (Å²) in [5.41, 5.74) is 8.27. The van der Waals surface area contributed by atoms with Gasteiger partial charge in [-0.25, -0.2) is 9.97 Å². The zero-order chi connectivity index (χ0) is 12.4. The molecule has 0 bridgehead atoms. The van der Waals surface area contributed by atoms with E-state index in [2.05, 4.69) is 44.8 Å². The molecular weight excluding hydrogens is 351 g/mol. The van der Waals surface area contributed by atoms with Crippen molar-refractivity contribution in [3.8, 4) is 0 Å². The molecule has 0 aliphatic rings. The molecule has 6 heteroatoms. The molecule has 0 unspecified atom stereocenters. The number of halogens is 2. The van der Waals surface area contributed by atoms with Crippen LogP contribution in [-0.4, -0.2) is 9.97 Å². The van der Waals surface area contributed by atoms with Gasteiger partial charge in [0.2, 0.25) is 0 Å². The van der Waals surface area contributed by atoms with Gasteiger partial charge >= 0.3 is 0 Å². The third-order valence-corrected chi connectivity index (χ3v) is 3.73. The summed E-state index contributed by atoms with van der Waals surface area (Å²) in [7, 11) is 0. The highest BCUT2D eigenvalue weighted by molar-refractivity contribution is 14.1. The van der Waals surface area contributed by atoms with E-state index in [0.717, 1.165) is 5.69 Å². The summed E-state index contributed by atoms with van der Waals surface area (Å²) in [5.74, 6) is 0.518. The number of rotatable bonds is 2. The Morgan fingerprint density at radius 1 is 1.35 bits per heavy atom. The molecule has 2 aromatic rings. The molecular formula is C11H10ClIN4. The SMILES string of the molecule is Cc1ccc(Nc2ncnc(Cl)c2N)cc1I. The highest BCUT2D eigenvalue weighted by Crippen LogP contribution is 2.26. The molecule has 1 heterocycles. The summed E-state index contributed by atoms with van der Waals surface area (Å²) in [5, 5.41) is 3.37. The van der Waals surface area contributed by atoms with Crippen LogP contribution >= 0.6 is 34.2 Å². The van der Waals surface area contributed by atoms with Crippen LogP contribution in [0.4, 0.5) is 17.2 Å². The number of nitrogens with one attached hydrogen (secondary N) is 1. The van der Waals surface area contributed by atoms with Gasteiger partial charge in [0, 0.05) is 9.26 Å². The van der Waals surface area contributed by atoms with Gasteiger partial charge in [-0.15, -0.1) is 0 Å². The lowest BCUT2D eigenvalue weighted by molar-refractivity contribution is 1.17. The van der Waals surface area contributed by atoms with E-state index in [1.165, 1.54) is 15.5 Å². The average molecular weight is 361 g/mol. The fraction of sp³-hybridized carbons (Fsp3) is 0.0909. The minimum Gasteiger partial charge on any atom is -0.393 e. The van der Waals surface area contributed by atoms with E-state index < -0.39 is 0 Å². The zero-order valence-corrected chi connectivity index (χ0v) is 12.0. The molecule has 0 saturated carbocycles. The zero-order valence-electron chi connectivity index (χ0n) is 9.04. The van der Waals surface area contributed by atoms with Crippen LogP contribution in [0, 0.1) is 10.5 Å². The molecule has 2 rings (SSSR count). The van der Waals surface area contributed by atoms with Crippen LogP contribution in [0.1, 0.15) is 5.56 Å². The molecule has 0 atom stereocenters. The molecule has 1 aromatic heterocycles. The number of aromatic nitrogens is 2. The van der Waals surface area contributed by atoms with E-state index in [1.807, 2.05) is 18.2 Å². The molecule has 0 saturated heterocycles. The molecule has 3 N–H and O–H groups in total. The smallest absolute Gasteiger partial charge is 0.158 e. The summed E-state index contributed by atoms with van der Waals surface area (Å²) in [6, 6.07) is 6.02. The lowest BCUT2D eigenvalue weighted by Crippen LogP contribution is -2.01. The monoisotopic (exact) mass is 360 g/mol. The Hall–Kier alpha value is -1.08. The van der Waals surface area contributed by atoms with Crippen molar-refractivity contribution in [2.45, 2.75) is 6.92 Å². The van der Waals surface area contributed by atoms with Crippen LogP contribution < -0.4 is 11.1 Å². The molecule has 0 spiro atoms. The summed E-state index contributed by atoms with van der Waals surface area (Å²) >= 11 is 8.10. The Balaban J connectivity index is 2.31. The van der Waals surface area contributed by atoms with Gasteiger partial charge in [-0.3, -0.25) is 0 Å². The molecule has 0 fully saturated rings. The highest BCUT2D eigenvalue weighted by atomic mass is 127. The quantitative estimate of drug-likeness (QED) is 0.637. The van der Waals surface area contributed by atoms with Crippen LogP contribution in [0.3, 0.4) is 0 Å². The van der Waals surface area contributed by atoms with Crippen molar-refractivity contribution in [2.24, 2.45) is 0 Å². The van der Waals surface area contributed by atoms with Crippen molar-refractivity contribution < 1.29 is 0 Å². The molecule has 0 radical (unpaired) electrons. The molecule has 1 aromatic carbocycles. The van der Waals surface area contributed by atoms with E-state index in [1.54, 1.807) is 0 Å². The third kappa shape index (κ3) is 2.78. The summed E-state index contributed by atoms with van der Waals surface area (Å²) in [6.45, 7) is 2.06. The molecule has 4 nitrogen and oxygen atoms in total. The Kier molecular flexibility index (Phi) is 3.68. The van der Waals surface area contributed by atoms with Crippen LogP contribution in [0.2, 0.25) is 5.15 Å².